The molecule has 0 aliphatic heterocycles. The average Bonchev–Trinajstić information content (AvgIpc) is 2.20. The third-order valence-corrected chi connectivity index (χ3v) is 2.12. The van der Waals surface area contributed by atoms with E-state index in [0.29, 0.717) is 5.56 Å². The molecule has 86 valence electrons. The molecule has 0 aliphatic carbocycles. The lowest BCUT2D eigenvalue weighted by molar-refractivity contribution is -0.137. The van der Waals surface area contributed by atoms with Crippen LogP contribution in [0, 0.1) is 12.7 Å². The average molecular weight is 225 g/mol. The monoisotopic (exact) mass is 225 g/mol. The third kappa shape index (κ3) is 2.79. The second kappa shape index (κ2) is 4.74. The van der Waals surface area contributed by atoms with Gasteiger partial charge in [-0.3, -0.25) is 9.59 Å². The van der Waals surface area contributed by atoms with Gasteiger partial charge >= 0.3 is 5.97 Å². The first kappa shape index (κ1) is 12.2. The van der Waals surface area contributed by atoms with Crippen molar-refractivity contribution in [3.05, 3.63) is 35.1 Å². The minimum absolute atomic E-state index is 0.280. The third-order valence-electron chi connectivity index (χ3n) is 2.12. The molecule has 1 N–H and O–H groups in total. The number of aryl methyl sites for hydroxylation is 1. The Bertz CT molecular complexity index is 431. The Kier molecular flexibility index (Phi) is 3.60. The fourth-order valence-electron chi connectivity index (χ4n) is 1.27. The molecule has 0 saturated carbocycles. The van der Waals surface area contributed by atoms with Gasteiger partial charge in [-0.2, -0.15) is 0 Å². The molecular weight excluding hydrogens is 213 g/mol. The number of benzene rings is 1. The highest BCUT2D eigenvalue weighted by Crippen LogP contribution is 2.10. The van der Waals surface area contributed by atoms with E-state index in [1.54, 1.807) is 6.92 Å². The Balaban J connectivity index is 2.88. The molecule has 0 aromatic heterocycles. The van der Waals surface area contributed by atoms with Gasteiger partial charge in [0.15, 0.2) is 0 Å². The zero-order chi connectivity index (χ0) is 12.3. The Hall–Kier alpha value is -1.91. The summed E-state index contributed by atoms with van der Waals surface area (Å²) in [5.41, 5.74) is 0.636. The summed E-state index contributed by atoms with van der Waals surface area (Å²) in [7, 11) is 1.38. The van der Waals surface area contributed by atoms with Crippen molar-refractivity contribution in [2.75, 3.05) is 13.6 Å². The Labute approximate surface area is 92.3 Å². The van der Waals surface area contributed by atoms with E-state index >= 15 is 0 Å². The first-order valence-electron chi connectivity index (χ1n) is 4.65. The van der Waals surface area contributed by atoms with Gasteiger partial charge in [-0.25, -0.2) is 4.39 Å². The molecule has 0 bridgehead atoms. The number of likely N-dealkylation sites (N-methyl/N-ethyl adjacent to an activating group) is 1. The summed E-state index contributed by atoms with van der Waals surface area (Å²) in [5.74, 6) is -1.92. The predicted octanol–water partition coefficient (Wildman–Crippen LogP) is 1.29. The van der Waals surface area contributed by atoms with Crippen LogP contribution in [0.4, 0.5) is 4.39 Å². The van der Waals surface area contributed by atoms with Gasteiger partial charge in [0, 0.05) is 12.6 Å². The Morgan fingerprint density at radius 1 is 1.44 bits per heavy atom. The number of hydrogen-bond acceptors (Lipinski definition) is 2. The molecule has 0 heterocycles. The standard InChI is InChI=1S/C11H12FNO3/c1-7-5-8(3-4-9(7)12)11(16)13(2)6-10(14)15/h3-5H,6H2,1-2H3,(H,14,15). The molecule has 1 rings (SSSR count). The Morgan fingerprint density at radius 2 is 2.06 bits per heavy atom. The van der Waals surface area contributed by atoms with Gasteiger partial charge in [0.25, 0.3) is 5.91 Å². The first-order valence-corrected chi connectivity index (χ1v) is 4.65. The van der Waals surface area contributed by atoms with Crippen molar-refractivity contribution in [3.8, 4) is 0 Å². The normalized spacial score (nSPS) is 9.94. The lowest BCUT2D eigenvalue weighted by atomic mass is 10.1. The second-order valence-electron chi connectivity index (χ2n) is 3.52. The van der Waals surface area contributed by atoms with Crippen molar-refractivity contribution in [2.24, 2.45) is 0 Å². The molecule has 0 spiro atoms. The van der Waals surface area contributed by atoms with Gasteiger partial charge in [-0.15, -0.1) is 0 Å². The molecule has 1 amide bonds. The van der Waals surface area contributed by atoms with Gasteiger partial charge < -0.3 is 10.0 Å². The predicted molar refractivity (Wildman–Crippen MR) is 55.7 cm³/mol. The molecule has 0 fully saturated rings. The number of carboxylic acid groups (broad SMARTS) is 1. The van der Waals surface area contributed by atoms with Crippen LogP contribution in [0.2, 0.25) is 0 Å². The van der Waals surface area contributed by atoms with Gasteiger partial charge in [0.1, 0.15) is 12.4 Å². The number of rotatable bonds is 3. The summed E-state index contributed by atoms with van der Waals surface area (Å²) >= 11 is 0. The van der Waals surface area contributed by atoms with Crippen LogP contribution in [0.25, 0.3) is 0 Å². The summed E-state index contributed by atoms with van der Waals surface area (Å²) < 4.78 is 13.0. The molecule has 0 saturated heterocycles. The van der Waals surface area contributed by atoms with E-state index in [4.69, 9.17) is 5.11 Å². The largest absolute Gasteiger partial charge is 0.480 e. The number of hydrogen-bond donors (Lipinski definition) is 1. The molecular formula is C11H12FNO3. The van der Waals surface area contributed by atoms with Crippen LogP contribution < -0.4 is 0 Å². The lowest BCUT2D eigenvalue weighted by Crippen LogP contribution is -2.31. The van der Waals surface area contributed by atoms with Crippen LogP contribution in [0.5, 0.6) is 0 Å². The minimum Gasteiger partial charge on any atom is -0.480 e. The summed E-state index contributed by atoms with van der Waals surface area (Å²) in [6.07, 6.45) is 0. The van der Waals surface area contributed by atoms with Gasteiger partial charge in [-0.05, 0) is 30.7 Å². The SMILES string of the molecule is Cc1cc(C(=O)N(C)CC(=O)O)ccc1F. The van der Waals surface area contributed by atoms with E-state index in [-0.39, 0.29) is 12.1 Å². The topological polar surface area (TPSA) is 57.6 Å². The highest BCUT2D eigenvalue weighted by Gasteiger charge is 2.14. The summed E-state index contributed by atoms with van der Waals surface area (Å²) in [5, 5.41) is 8.52. The molecule has 5 heteroatoms. The zero-order valence-electron chi connectivity index (χ0n) is 9.03. The van der Waals surface area contributed by atoms with Crippen molar-refractivity contribution in [2.45, 2.75) is 6.92 Å². The number of amides is 1. The van der Waals surface area contributed by atoms with Crippen LogP contribution in [0.15, 0.2) is 18.2 Å². The second-order valence-corrected chi connectivity index (χ2v) is 3.52. The maximum atomic E-state index is 13.0. The fourth-order valence-corrected chi connectivity index (χ4v) is 1.27. The zero-order valence-corrected chi connectivity index (χ0v) is 9.03. The van der Waals surface area contributed by atoms with Gasteiger partial charge in [-0.1, -0.05) is 0 Å². The van der Waals surface area contributed by atoms with E-state index in [9.17, 15) is 14.0 Å². The minimum atomic E-state index is -1.09. The van der Waals surface area contributed by atoms with Crippen molar-refractivity contribution < 1.29 is 19.1 Å². The van der Waals surface area contributed by atoms with E-state index in [1.165, 1.54) is 25.2 Å². The number of carboxylic acids is 1. The van der Waals surface area contributed by atoms with Gasteiger partial charge in [0.05, 0.1) is 0 Å². The van der Waals surface area contributed by atoms with E-state index < -0.39 is 17.7 Å². The smallest absolute Gasteiger partial charge is 0.323 e. The fraction of sp³-hybridized carbons (Fsp3) is 0.273. The van der Waals surface area contributed by atoms with Crippen molar-refractivity contribution in [1.82, 2.24) is 4.90 Å². The van der Waals surface area contributed by atoms with Gasteiger partial charge in [0.2, 0.25) is 0 Å². The molecule has 0 aliphatic rings. The van der Waals surface area contributed by atoms with E-state index in [1.807, 2.05) is 0 Å². The molecule has 1 aromatic rings. The van der Waals surface area contributed by atoms with Crippen LogP contribution in [0.1, 0.15) is 15.9 Å². The molecule has 0 atom stereocenters. The molecule has 0 radical (unpaired) electrons. The number of aliphatic carboxylic acids is 1. The molecule has 16 heavy (non-hydrogen) atoms. The number of nitrogens with zero attached hydrogens (tertiary/aromatic N) is 1. The molecule has 0 unspecified atom stereocenters. The van der Waals surface area contributed by atoms with Crippen molar-refractivity contribution in [1.29, 1.82) is 0 Å². The van der Waals surface area contributed by atoms with E-state index in [2.05, 4.69) is 0 Å². The van der Waals surface area contributed by atoms with Crippen LogP contribution in [0.3, 0.4) is 0 Å². The summed E-state index contributed by atoms with van der Waals surface area (Å²) in [4.78, 5) is 23.2. The van der Waals surface area contributed by atoms with Crippen molar-refractivity contribution in [3.63, 3.8) is 0 Å². The maximum absolute atomic E-state index is 13.0. The molecule has 4 nitrogen and oxygen atoms in total. The number of carbonyl (C=O) groups excluding carboxylic acids is 1. The maximum Gasteiger partial charge on any atom is 0.323 e. The van der Waals surface area contributed by atoms with E-state index in [0.717, 1.165) is 4.90 Å². The highest BCUT2D eigenvalue weighted by molar-refractivity contribution is 5.95. The summed E-state index contributed by atoms with van der Waals surface area (Å²) in [6, 6.07) is 3.93. The van der Waals surface area contributed by atoms with Crippen LogP contribution in [-0.4, -0.2) is 35.5 Å². The van der Waals surface area contributed by atoms with Crippen LogP contribution in [-0.2, 0) is 4.79 Å². The van der Waals surface area contributed by atoms with Crippen molar-refractivity contribution >= 4 is 11.9 Å². The van der Waals surface area contributed by atoms with Crippen LogP contribution >= 0.6 is 0 Å². The Morgan fingerprint density at radius 3 is 2.56 bits per heavy atom. The lowest BCUT2D eigenvalue weighted by Gasteiger charge is -2.14. The first-order chi connectivity index (χ1) is 7.41. The summed E-state index contributed by atoms with van der Waals surface area (Å²) in [6.45, 7) is 1.17. The number of halogens is 1. The quantitative estimate of drug-likeness (QED) is 0.843. The highest BCUT2D eigenvalue weighted by atomic mass is 19.1. The number of carbonyl (C=O) groups is 2. The molecule has 1 aromatic carbocycles.